The van der Waals surface area contributed by atoms with Crippen molar-refractivity contribution in [1.29, 1.82) is 0 Å². The molecule has 0 aliphatic carbocycles. The van der Waals surface area contributed by atoms with Gasteiger partial charge in [-0.2, -0.15) is 0 Å². The van der Waals surface area contributed by atoms with Crippen molar-refractivity contribution in [3.63, 3.8) is 0 Å². The average Bonchev–Trinajstić information content (AvgIpc) is 3.14. The van der Waals surface area contributed by atoms with Gasteiger partial charge < -0.3 is 29.7 Å². The van der Waals surface area contributed by atoms with Crippen molar-refractivity contribution in [2.24, 2.45) is 4.99 Å². The van der Waals surface area contributed by atoms with Crippen molar-refractivity contribution >= 4 is 5.96 Å². The first-order valence-corrected chi connectivity index (χ1v) is 9.62. The molecule has 0 atom stereocenters. The van der Waals surface area contributed by atoms with Crippen LogP contribution in [0, 0.1) is 0 Å². The molecule has 1 aromatic rings. The van der Waals surface area contributed by atoms with Crippen LogP contribution in [0.25, 0.3) is 0 Å². The Morgan fingerprint density at radius 3 is 2.85 bits per heavy atom. The lowest BCUT2D eigenvalue weighted by Crippen LogP contribution is -2.40. The highest BCUT2D eigenvalue weighted by molar-refractivity contribution is 5.79. The van der Waals surface area contributed by atoms with Gasteiger partial charge in [0.15, 0.2) is 17.5 Å². The standard InChI is InChI=1S/C19H30N4O3/c1-2-20-19(21-8-12-23-10-4-3-5-11-23)22-9-13-24-16-6-7-17-18(14-16)26-15-25-17/h6-7,14H,2-5,8-13,15H2,1H3,(H2,20,21,22). The highest BCUT2D eigenvalue weighted by atomic mass is 16.7. The van der Waals surface area contributed by atoms with Crippen LogP contribution in [0.3, 0.4) is 0 Å². The van der Waals surface area contributed by atoms with Crippen molar-refractivity contribution in [2.75, 3.05) is 52.7 Å². The monoisotopic (exact) mass is 362 g/mol. The third-order valence-corrected chi connectivity index (χ3v) is 4.49. The number of likely N-dealkylation sites (tertiary alicyclic amines) is 1. The molecule has 3 rings (SSSR count). The third kappa shape index (κ3) is 5.69. The number of ether oxygens (including phenoxy) is 3. The summed E-state index contributed by atoms with van der Waals surface area (Å²) in [6.45, 7) is 8.71. The molecule has 0 unspecified atom stereocenters. The Bertz CT molecular complexity index is 588. The number of aliphatic imine (C=N–C) groups is 1. The second kappa shape index (κ2) is 10.1. The van der Waals surface area contributed by atoms with E-state index in [2.05, 4.69) is 27.4 Å². The number of hydrogen-bond acceptors (Lipinski definition) is 5. The van der Waals surface area contributed by atoms with Crippen LogP contribution in [0.15, 0.2) is 23.2 Å². The zero-order chi connectivity index (χ0) is 18.0. The van der Waals surface area contributed by atoms with Gasteiger partial charge in [-0.1, -0.05) is 6.42 Å². The molecular weight excluding hydrogens is 332 g/mol. The van der Waals surface area contributed by atoms with Gasteiger partial charge in [0, 0.05) is 19.2 Å². The van der Waals surface area contributed by atoms with E-state index in [0.717, 1.165) is 42.8 Å². The quantitative estimate of drug-likeness (QED) is 0.418. The van der Waals surface area contributed by atoms with Crippen LogP contribution in [0.5, 0.6) is 17.2 Å². The van der Waals surface area contributed by atoms with Crippen LogP contribution >= 0.6 is 0 Å². The molecule has 0 bridgehead atoms. The Labute approximate surface area is 155 Å². The molecule has 1 aromatic carbocycles. The maximum absolute atomic E-state index is 5.77. The van der Waals surface area contributed by atoms with E-state index in [0.29, 0.717) is 13.2 Å². The summed E-state index contributed by atoms with van der Waals surface area (Å²) in [4.78, 5) is 7.16. The van der Waals surface area contributed by atoms with E-state index >= 15 is 0 Å². The van der Waals surface area contributed by atoms with Gasteiger partial charge >= 0.3 is 0 Å². The summed E-state index contributed by atoms with van der Waals surface area (Å²) >= 11 is 0. The summed E-state index contributed by atoms with van der Waals surface area (Å²) in [6, 6.07) is 5.63. The van der Waals surface area contributed by atoms with Gasteiger partial charge in [-0.05, 0) is 45.0 Å². The fraction of sp³-hybridized carbons (Fsp3) is 0.632. The fourth-order valence-corrected chi connectivity index (χ4v) is 3.13. The molecule has 0 saturated carbocycles. The van der Waals surface area contributed by atoms with Gasteiger partial charge in [0.1, 0.15) is 12.4 Å². The van der Waals surface area contributed by atoms with Crippen LogP contribution in [-0.4, -0.2) is 63.5 Å². The summed E-state index contributed by atoms with van der Waals surface area (Å²) in [5.41, 5.74) is 0. The smallest absolute Gasteiger partial charge is 0.231 e. The Morgan fingerprint density at radius 1 is 1.15 bits per heavy atom. The molecule has 0 amide bonds. The highest BCUT2D eigenvalue weighted by Gasteiger charge is 2.13. The molecule has 2 aliphatic rings. The number of benzene rings is 1. The summed E-state index contributed by atoms with van der Waals surface area (Å²) in [7, 11) is 0. The Balaban J connectivity index is 1.36. The summed E-state index contributed by atoms with van der Waals surface area (Å²) < 4.78 is 16.4. The minimum Gasteiger partial charge on any atom is -0.492 e. The zero-order valence-corrected chi connectivity index (χ0v) is 15.6. The molecule has 0 aromatic heterocycles. The molecule has 0 spiro atoms. The van der Waals surface area contributed by atoms with Crippen LogP contribution < -0.4 is 24.8 Å². The van der Waals surface area contributed by atoms with Crippen molar-refractivity contribution in [2.45, 2.75) is 26.2 Å². The van der Waals surface area contributed by atoms with Crippen LogP contribution in [0.4, 0.5) is 0 Å². The predicted molar refractivity (Wildman–Crippen MR) is 102 cm³/mol. The van der Waals surface area contributed by atoms with E-state index in [9.17, 15) is 0 Å². The molecule has 1 saturated heterocycles. The molecule has 7 heteroatoms. The molecule has 1 fully saturated rings. The first-order chi connectivity index (χ1) is 12.8. The van der Waals surface area contributed by atoms with E-state index in [1.54, 1.807) is 0 Å². The number of nitrogens with one attached hydrogen (secondary N) is 2. The molecular formula is C19H30N4O3. The second-order valence-electron chi connectivity index (χ2n) is 6.45. The SMILES string of the molecule is CCNC(=NCCN1CCCCC1)NCCOc1ccc2c(c1)OCO2. The van der Waals surface area contributed by atoms with Crippen molar-refractivity contribution in [3.05, 3.63) is 18.2 Å². The van der Waals surface area contributed by atoms with Crippen molar-refractivity contribution < 1.29 is 14.2 Å². The van der Waals surface area contributed by atoms with E-state index in [-0.39, 0.29) is 6.79 Å². The lowest BCUT2D eigenvalue weighted by atomic mass is 10.1. The molecule has 2 heterocycles. The summed E-state index contributed by atoms with van der Waals surface area (Å²) in [5.74, 6) is 3.13. The van der Waals surface area contributed by atoms with E-state index in [1.807, 2.05) is 18.2 Å². The maximum atomic E-state index is 5.77. The normalized spacial score (nSPS) is 17.2. The van der Waals surface area contributed by atoms with Gasteiger partial charge in [-0.15, -0.1) is 0 Å². The average molecular weight is 362 g/mol. The fourth-order valence-electron chi connectivity index (χ4n) is 3.13. The highest BCUT2D eigenvalue weighted by Crippen LogP contribution is 2.34. The topological polar surface area (TPSA) is 67.4 Å². The Morgan fingerprint density at radius 2 is 2.00 bits per heavy atom. The van der Waals surface area contributed by atoms with Crippen LogP contribution in [-0.2, 0) is 0 Å². The zero-order valence-electron chi connectivity index (χ0n) is 15.6. The minimum absolute atomic E-state index is 0.278. The number of nitrogens with zero attached hydrogens (tertiary/aromatic N) is 2. The number of hydrogen-bond donors (Lipinski definition) is 2. The number of piperidine rings is 1. The summed E-state index contributed by atoms with van der Waals surface area (Å²) in [5, 5.41) is 6.60. The number of guanidine groups is 1. The summed E-state index contributed by atoms with van der Waals surface area (Å²) in [6.07, 6.45) is 4.01. The molecule has 0 radical (unpaired) electrons. The third-order valence-electron chi connectivity index (χ3n) is 4.49. The van der Waals surface area contributed by atoms with E-state index in [1.165, 1.54) is 32.4 Å². The van der Waals surface area contributed by atoms with Crippen LogP contribution in [0.1, 0.15) is 26.2 Å². The largest absolute Gasteiger partial charge is 0.492 e. The van der Waals surface area contributed by atoms with Crippen molar-refractivity contribution in [3.8, 4) is 17.2 Å². The Kier molecular flexibility index (Phi) is 7.25. The molecule has 2 aliphatic heterocycles. The number of rotatable bonds is 8. The lowest BCUT2D eigenvalue weighted by molar-refractivity contribution is 0.173. The van der Waals surface area contributed by atoms with Gasteiger partial charge in [0.25, 0.3) is 0 Å². The molecule has 144 valence electrons. The minimum atomic E-state index is 0.278. The van der Waals surface area contributed by atoms with E-state index < -0.39 is 0 Å². The van der Waals surface area contributed by atoms with Crippen LogP contribution in [0.2, 0.25) is 0 Å². The maximum Gasteiger partial charge on any atom is 0.231 e. The second-order valence-corrected chi connectivity index (χ2v) is 6.45. The lowest BCUT2D eigenvalue weighted by Gasteiger charge is -2.25. The van der Waals surface area contributed by atoms with Gasteiger partial charge in [-0.25, -0.2) is 0 Å². The first-order valence-electron chi connectivity index (χ1n) is 9.62. The van der Waals surface area contributed by atoms with Crippen molar-refractivity contribution in [1.82, 2.24) is 15.5 Å². The number of fused-ring (bicyclic) bond motifs is 1. The predicted octanol–water partition coefficient (Wildman–Crippen LogP) is 1.84. The van der Waals surface area contributed by atoms with Gasteiger partial charge in [-0.3, -0.25) is 4.99 Å². The van der Waals surface area contributed by atoms with Gasteiger partial charge in [0.2, 0.25) is 6.79 Å². The van der Waals surface area contributed by atoms with E-state index in [4.69, 9.17) is 14.2 Å². The molecule has 7 nitrogen and oxygen atoms in total. The molecule has 26 heavy (non-hydrogen) atoms. The Hall–Kier alpha value is -2.15. The molecule has 2 N–H and O–H groups in total. The van der Waals surface area contributed by atoms with Gasteiger partial charge in [0.05, 0.1) is 13.1 Å². The first kappa shape index (κ1) is 18.6.